The molecule has 2 aromatic rings. The summed E-state index contributed by atoms with van der Waals surface area (Å²) < 4.78 is 12.7. The predicted octanol–water partition coefficient (Wildman–Crippen LogP) is 4.69. The van der Waals surface area contributed by atoms with E-state index in [4.69, 9.17) is 15.2 Å². The van der Waals surface area contributed by atoms with Crippen LogP contribution in [-0.4, -0.2) is 62.7 Å². The molecule has 6 nitrogen and oxygen atoms in total. The van der Waals surface area contributed by atoms with Gasteiger partial charge in [0.2, 0.25) is 5.91 Å². The first kappa shape index (κ1) is 25.8. The highest BCUT2D eigenvalue weighted by Crippen LogP contribution is 2.32. The van der Waals surface area contributed by atoms with Crippen molar-refractivity contribution < 1.29 is 14.3 Å². The molecule has 0 fully saturated rings. The number of benzene rings is 2. The van der Waals surface area contributed by atoms with Gasteiger partial charge >= 0.3 is 0 Å². The molecule has 0 atom stereocenters. The van der Waals surface area contributed by atoms with Crippen molar-refractivity contribution in [2.75, 3.05) is 52.7 Å². The van der Waals surface area contributed by atoms with Crippen molar-refractivity contribution in [2.24, 2.45) is 0 Å². The molecule has 1 aliphatic rings. The second-order valence-electron chi connectivity index (χ2n) is 8.29. The van der Waals surface area contributed by atoms with Crippen LogP contribution >= 0.6 is 31.9 Å². The maximum atomic E-state index is 12.9. The maximum Gasteiger partial charge on any atom is 0.227 e. The normalized spacial score (nSPS) is 13.8. The Balaban J connectivity index is 1.52. The smallest absolute Gasteiger partial charge is 0.227 e. The molecule has 2 aromatic carbocycles. The topological polar surface area (TPSA) is 68.0 Å². The first-order chi connectivity index (χ1) is 15.9. The van der Waals surface area contributed by atoms with Crippen LogP contribution in [0.5, 0.6) is 11.5 Å². The molecule has 0 aliphatic carbocycles. The Hall–Kier alpha value is -1.77. The van der Waals surface area contributed by atoms with E-state index in [1.165, 1.54) is 11.1 Å². The van der Waals surface area contributed by atoms with Crippen LogP contribution in [-0.2, 0) is 24.1 Å². The van der Waals surface area contributed by atoms with Crippen LogP contribution in [0.3, 0.4) is 0 Å². The molecule has 180 valence electrons. The van der Waals surface area contributed by atoms with Crippen molar-refractivity contribution >= 4 is 43.5 Å². The zero-order valence-electron chi connectivity index (χ0n) is 19.6. The molecule has 3 rings (SSSR count). The molecule has 0 spiro atoms. The van der Waals surface area contributed by atoms with Gasteiger partial charge in [0, 0.05) is 28.6 Å². The number of anilines is 1. The van der Waals surface area contributed by atoms with Gasteiger partial charge in [-0.15, -0.1) is 0 Å². The fraction of sp³-hybridized carbons (Fsp3) is 0.480. The van der Waals surface area contributed by atoms with E-state index in [-0.39, 0.29) is 5.91 Å². The first-order valence-corrected chi connectivity index (χ1v) is 12.9. The van der Waals surface area contributed by atoms with Crippen molar-refractivity contribution in [3.05, 3.63) is 49.9 Å². The van der Waals surface area contributed by atoms with E-state index in [0.717, 1.165) is 77.9 Å². The van der Waals surface area contributed by atoms with Crippen molar-refractivity contribution in [1.29, 1.82) is 0 Å². The van der Waals surface area contributed by atoms with Crippen LogP contribution in [0.15, 0.2) is 33.2 Å². The van der Waals surface area contributed by atoms with E-state index in [2.05, 4.69) is 55.8 Å². The lowest BCUT2D eigenvalue weighted by Crippen LogP contribution is -2.35. The van der Waals surface area contributed by atoms with E-state index >= 15 is 0 Å². The number of fused-ring (bicyclic) bond motifs is 1. The number of methoxy groups -OCH3 is 2. The number of nitrogen functional groups attached to an aromatic ring is 1. The quantitative estimate of drug-likeness (QED) is 0.412. The van der Waals surface area contributed by atoms with Gasteiger partial charge in [-0.3, -0.25) is 4.79 Å². The van der Waals surface area contributed by atoms with Gasteiger partial charge in [0.05, 0.1) is 26.3 Å². The standard InChI is InChI=1S/C25H33Br2N3O3/c1-4-29(10-6-17-12-20(26)25(28)21(27)13-17)8-5-9-30-11-7-18-14-22(32-2)23(33-3)15-19(18)16-24(30)31/h12-15H,4-11,16,28H2,1-3H3. The summed E-state index contributed by atoms with van der Waals surface area (Å²) in [5.41, 5.74) is 10.2. The third kappa shape index (κ3) is 6.64. The third-order valence-electron chi connectivity index (χ3n) is 6.26. The first-order valence-electron chi connectivity index (χ1n) is 11.3. The molecule has 0 saturated heterocycles. The average molecular weight is 583 g/mol. The van der Waals surface area contributed by atoms with E-state index < -0.39 is 0 Å². The number of rotatable bonds is 10. The van der Waals surface area contributed by atoms with Gasteiger partial charge in [-0.05, 0) is 105 Å². The van der Waals surface area contributed by atoms with Gasteiger partial charge in [0.25, 0.3) is 0 Å². The summed E-state index contributed by atoms with van der Waals surface area (Å²) in [7, 11) is 3.27. The Morgan fingerprint density at radius 2 is 1.67 bits per heavy atom. The number of halogens is 2. The van der Waals surface area contributed by atoms with Gasteiger partial charge < -0.3 is 25.0 Å². The molecule has 1 heterocycles. The molecule has 8 heteroatoms. The number of amides is 1. The van der Waals surface area contributed by atoms with Gasteiger partial charge in [0.1, 0.15) is 0 Å². The number of hydrogen-bond donors (Lipinski definition) is 1. The molecule has 0 radical (unpaired) electrons. The van der Waals surface area contributed by atoms with Crippen molar-refractivity contribution in [3.8, 4) is 11.5 Å². The highest BCUT2D eigenvalue weighted by atomic mass is 79.9. The van der Waals surface area contributed by atoms with E-state index in [1.54, 1.807) is 14.2 Å². The zero-order chi connectivity index (χ0) is 24.0. The number of carbonyl (C=O) groups excluding carboxylic acids is 1. The molecule has 0 unspecified atom stereocenters. The number of nitrogens with two attached hydrogens (primary N) is 1. The minimum absolute atomic E-state index is 0.181. The second kappa shape index (κ2) is 12.1. The molecule has 1 aliphatic heterocycles. The van der Waals surface area contributed by atoms with Crippen LogP contribution in [0.2, 0.25) is 0 Å². The number of ether oxygens (including phenoxy) is 2. The van der Waals surface area contributed by atoms with Crippen LogP contribution in [0.4, 0.5) is 5.69 Å². The van der Waals surface area contributed by atoms with Crippen LogP contribution in [0, 0.1) is 0 Å². The van der Waals surface area contributed by atoms with Gasteiger partial charge in [-0.2, -0.15) is 0 Å². The third-order valence-corrected chi connectivity index (χ3v) is 7.57. The summed E-state index contributed by atoms with van der Waals surface area (Å²) in [6.07, 6.45) is 3.15. The lowest BCUT2D eigenvalue weighted by atomic mass is 10.0. The molecular formula is C25H33Br2N3O3. The van der Waals surface area contributed by atoms with Gasteiger partial charge in [-0.1, -0.05) is 6.92 Å². The van der Waals surface area contributed by atoms with Crippen LogP contribution in [0.1, 0.15) is 30.0 Å². The van der Waals surface area contributed by atoms with Crippen LogP contribution < -0.4 is 15.2 Å². The van der Waals surface area contributed by atoms with Gasteiger partial charge in [-0.25, -0.2) is 0 Å². The molecule has 0 saturated carbocycles. The SMILES string of the molecule is CCN(CCCN1CCc2cc(OC)c(OC)cc2CC1=O)CCc1cc(Br)c(N)c(Br)c1. The maximum absolute atomic E-state index is 12.9. The highest BCUT2D eigenvalue weighted by Gasteiger charge is 2.22. The van der Waals surface area contributed by atoms with E-state index in [1.807, 2.05) is 17.0 Å². The highest BCUT2D eigenvalue weighted by molar-refractivity contribution is 9.11. The fourth-order valence-corrected chi connectivity index (χ4v) is 5.51. The lowest BCUT2D eigenvalue weighted by Gasteiger charge is -2.24. The van der Waals surface area contributed by atoms with E-state index in [0.29, 0.717) is 12.2 Å². The second-order valence-corrected chi connectivity index (χ2v) is 10.0. The Labute approximate surface area is 213 Å². The van der Waals surface area contributed by atoms with E-state index in [9.17, 15) is 4.79 Å². The number of hydrogen-bond acceptors (Lipinski definition) is 5. The molecule has 1 amide bonds. The number of likely N-dealkylation sites (N-methyl/N-ethyl adjacent to an activating group) is 1. The van der Waals surface area contributed by atoms with Crippen molar-refractivity contribution in [3.63, 3.8) is 0 Å². The molecule has 0 bridgehead atoms. The summed E-state index contributed by atoms with van der Waals surface area (Å²) in [6.45, 7) is 6.61. The minimum Gasteiger partial charge on any atom is -0.493 e. The van der Waals surface area contributed by atoms with Crippen LogP contribution in [0.25, 0.3) is 0 Å². The molecule has 0 aromatic heterocycles. The van der Waals surface area contributed by atoms with Crippen molar-refractivity contribution in [2.45, 2.75) is 32.6 Å². The molecular weight excluding hydrogens is 550 g/mol. The Morgan fingerprint density at radius 1 is 1.03 bits per heavy atom. The summed E-state index contributed by atoms with van der Waals surface area (Å²) in [4.78, 5) is 17.3. The Morgan fingerprint density at radius 3 is 2.27 bits per heavy atom. The molecule has 33 heavy (non-hydrogen) atoms. The summed E-state index contributed by atoms with van der Waals surface area (Å²) >= 11 is 7.05. The summed E-state index contributed by atoms with van der Waals surface area (Å²) in [6, 6.07) is 8.14. The summed E-state index contributed by atoms with van der Waals surface area (Å²) in [5, 5.41) is 0. The van der Waals surface area contributed by atoms with Crippen molar-refractivity contribution in [1.82, 2.24) is 9.80 Å². The zero-order valence-corrected chi connectivity index (χ0v) is 22.8. The largest absolute Gasteiger partial charge is 0.493 e. The van der Waals surface area contributed by atoms with Gasteiger partial charge in [0.15, 0.2) is 11.5 Å². The number of carbonyl (C=O) groups is 1. The molecule has 2 N–H and O–H groups in total. The minimum atomic E-state index is 0.181. The predicted molar refractivity (Wildman–Crippen MR) is 140 cm³/mol. The fourth-order valence-electron chi connectivity index (χ4n) is 4.23. The monoisotopic (exact) mass is 581 g/mol. The Bertz CT molecular complexity index is 961. The Kier molecular flexibility index (Phi) is 9.47. The lowest BCUT2D eigenvalue weighted by molar-refractivity contribution is -0.130. The number of nitrogens with zero attached hydrogens (tertiary/aromatic N) is 2. The summed E-state index contributed by atoms with van der Waals surface area (Å²) in [5.74, 6) is 1.58. The average Bonchev–Trinajstić information content (AvgIpc) is 2.96.